The van der Waals surface area contributed by atoms with Gasteiger partial charge in [0.05, 0.1) is 19.8 Å². The SMILES string of the molecule is COc1ccc(OC)c([C@H]2/C(=C(\O)c3ccc(Br)cc3)C(=O)C(=O)N2c2cc(C(C)(C)C)on2)c1. The van der Waals surface area contributed by atoms with Crippen LogP contribution in [-0.2, 0) is 15.0 Å². The lowest BCUT2D eigenvalue weighted by Crippen LogP contribution is -2.30. The number of halogens is 1. The fourth-order valence-corrected chi connectivity index (χ4v) is 4.18. The number of ketones is 1. The highest BCUT2D eigenvalue weighted by Gasteiger charge is 2.49. The van der Waals surface area contributed by atoms with Crippen LogP contribution in [-0.4, -0.2) is 36.2 Å². The van der Waals surface area contributed by atoms with Crippen LogP contribution in [0.4, 0.5) is 5.82 Å². The number of hydrogen-bond donors (Lipinski definition) is 1. The largest absolute Gasteiger partial charge is 0.507 e. The number of Topliss-reactive ketones (excluding diaryl/α,β-unsaturated/α-hetero) is 1. The second-order valence-electron chi connectivity index (χ2n) is 9.08. The average Bonchev–Trinajstić information content (AvgIpc) is 3.42. The summed E-state index contributed by atoms with van der Waals surface area (Å²) >= 11 is 3.37. The number of carbonyl (C=O) groups is 2. The van der Waals surface area contributed by atoms with E-state index in [1.54, 1.807) is 48.5 Å². The van der Waals surface area contributed by atoms with E-state index in [-0.39, 0.29) is 22.6 Å². The number of aliphatic hydroxyl groups is 1. The van der Waals surface area contributed by atoms with Crippen LogP contribution in [0.3, 0.4) is 0 Å². The molecule has 0 unspecified atom stereocenters. The minimum absolute atomic E-state index is 0.0933. The van der Waals surface area contributed by atoms with Crippen molar-refractivity contribution in [2.45, 2.75) is 32.2 Å². The van der Waals surface area contributed by atoms with E-state index in [9.17, 15) is 14.7 Å². The first-order valence-corrected chi connectivity index (χ1v) is 11.6. The lowest BCUT2D eigenvalue weighted by atomic mass is 9.93. The number of benzene rings is 2. The van der Waals surface area contributed by atoms with E-state index in [1.165, 1.54) is 19.1 Å². The molecule has 9 heteroatoms. The molecule has 182 valence electrons. The molecule has 1 aliphatic heterocycles. The molecule has 1 atom stereocenters. The zero-order valence-electron chi connectivity index (χ0n) is 20.0. The number of hydrogen-bond acceptors (Lipinski definition) is 7. The van der Waals surface area contributed by atoms with Crippen LogP contribution < -0.4 is 14.4 Å². The standard InChI is InChI=1S/C26H25BrN2O6/c1-26(2,3)19-13-20(28-35-19)29-22(17-12-16(33-4)10-11-18(17)34-5)21(24(31)25(29)32)23(30)14-6-8-15(27)9-7-14/h6-13,22,30H,1-5H3/b23-21+/t22-/m0/s1. The topological polar surface area (TPSA) is 102 Å². The molecule has 1 saturated heterocycles. The van der Waals surface area contributed by atoms with Gasteiger partial charge in [-0.25, -0.2) is 0 Å². The summed E-state index contributed by atoms with van der Waals surface area (Å²) in [6, 6.07) is 12.4. The lowest BCUT2D eigenvalue weighted by Gasteiger charge is -2.25. The Bertz CT molecular complexity index is 1320. The summed E-state index contributed by atoms with van der Waals surface area (Å²) in [5.74, 6) is -0.407. The molecular weight excluding hydrogens is 516 g/mol. The zero-order valence-corrected chi connectivity index (χ0v) is 21.5. The molecule has 1 amide bonds. The quantitative estimate of drug-likeness (QED) is 0.263. The summed E-state index contributed by atoms with van der Waals surface area (Å²) < 4.78 is 17.3. The highest BCUT2D eigenvalue weighted by Crippen LogP contribution is 2.46. The molecule has 0 saturated carbocycles. The zero-order chi connectivity index (χ0) is 25.5. The Labute approximate surface area is 211 Å². The van der Waals surface area contributed by atoms with E-state index in [0.29, 0.717) is 28.4 Å². The van der Waals surface area contributed by atoms with E-state index in [0.717, 1.165) is 4.47 Å². The highest BCUT2D eigenvalue weighted by molar-refractivity contribution is 9.10. The van der Waals surface area contributed by atoms with Gasteiger partial charge in [-0.05, 0) is 30.3 Å². The number of aromatic nitrogens is 1. The first-order chi connectivity index (χ1) is 16.6. The molecule has 2 aromatic carbocycles. The summed E-state index contributed by atoms with van der Waals surface area (Å²) in [5, 5.41) is 15.4. The number of aliphatic hydroxyl groups excluding tert-OH is 1. The normalized spacial score (nSPS) is 17.7. The number of ether oxygens (including phenoxy) is 2. The Hall–Kier alpha value is -3.59. The van der Waals surface area contributed by atoms with Crippen LogP contribution >= 0.6 is 15.9 Å². The summed E-state index contributed by atoms with van der Waals surface area (Å²) in [4.78, 5) is 28.0. The van der Waals surface area contributed by atoms with Crippen LogP contribution in [0.1, 0.15) is 43.7 Å². The number of nitrogens with zero attached hydrogens (tertiary/aromatic N) is 2. The Morgan fingerprint density at radius 2 is 1.74 bits per heavy atom. The van der Waals surface area contributed by atoms with Gasteiger partial charge in [-0.1, -0.05) is 54.0 Å². The highest BCUT2D eigenvalue weighted by atomic mass is 79.9. The Morgan fingerprint density at radius 3 is 2.31 bits per heavy atom. The minimum Gasteiger partial charge on any atom is -0.507 e. The summed E-state index contributed by atoms with van der Waals surface area (Å²) in [7, 11) is 3.00. The van der Waals surface area contributed by atoms with Crippen molar-refractivity contribution in [3.8, 4) is 11.5 Å². The monoisotopic (exact) mass is 540 g/mol. The van der Waals surface area contributed by atoms with Gasteiger partial charge in [0.15, 0.2) is 5.82 Å². The Balaban J connectivity index is 1.99. The molecule has 0 radical (unpaired) electrons. The van der Waals surface area contributed by atoms with Crippen LogP contribution in [0, 0.1) is 0 Å². The average molecular weight is 541 g/mol. The molecule has 0 bridgehead atoms. The minimum atomic E-state index is -1.04. The second kappa shape index (κ2) is 9.22. The third-order valence-corrected chi connectivity index (χ3v) is 6.31. The van der Waals surface area contributed by atoms with Crippen molar-refractivity contribution in [1.82, 2.24) is 5.16 Å². The summed E-state index contributed by atoms with van der Waals surface area (Å²) in [6.45, 7) is 5.84. The lowest BCUT2D eigenvalue weighted by molar-refractivity contribution is -0.132. The third-order valence-electron chi connectivity index (χ3n) is 5.78. The Kier molecular flexibility index (Phi) is 6.46. The van der Waals surface area contributed by atoms with Crippen molar-refractivity contribution in [3.05, 3.63) is 75.5 Å². The van der Waals surface area contributed by atoms with Gasteiger partial charge in [0, 0.05) is 27.1 Å². The molecule has 0 aliphatic carbocycles. The number of amides is 1. The number of anilines is 1. The molecule has 1 aromatic heterocycles. The number of rotatable bonds is 5. The molecular formula is C26H25BrN2O6. The van der Waals surface area contributed by atoms with Gasteiger partial charge in [0.1, 0.15) is 29.1 Å². The molecule has 4 rings (SSSR count). The fourth-order valence-electron chi connectivity index (χ4n) is 3.91. The molecule has 1 N–H and O–H groups in total. The maximum atomic E-state index is 13.4. The molecule has 1 aliphatic rings. The van der Waals surface area contributed by atoms with E-state index < -0.39 is 17.7 Å². The van der Waals surface area contributed by atoms with Crippen molar-refractivity contribution in [2.75, 3.05) is 19.1 Å². The molecule has 35 heavy (non-hydrogen) atoms. The predicted molar refractivity (Wildman–Crippen MR) is 134 cm³/mol. The molecule has 8 nitrogen and oxygen atoms in total. The third kappa shape index (κ3) is 4.43. The molecule has 0 spiro atoms. The first-order valence-electron chi connectivity index (χ1n) is 10.8. The first kappa shape index (κ1) is 24.5. The van der Waals surface area contributed by atoms with Gasteiger partial charge in [-0.3, -0.25) is 14.5 Å². The van der Waals surface area contributed by atoms with Gasteiger partial charge >= 0.3 is 5.91 Å². The van der Waals surface area contributed by atoms with Crippen LogP contribution in [0.15, 0.2) is 63.1 Å². The van der Waals surface area contributed by atoms with E-state index in [2.05, 4.69) is 21.1 Å². The van der Waals surface area contributed by atoms with Crippen molar-refractivity contribution >= 4 is 39.2 Å². The van der Waals surface area contributed by atoms with Crippen LogP contribution in [0.5, 0.6) is 11.5 Å². The molecule has 2 heterocycles. The smallest absolute Gasteiger partial charge is 0.301 e. The number of methoxy groups -OCH3 is 2. The maximum Gasteiger partial charge on any atom is 0.301 e. The van der Waals surface area contributed by atoms with Crippen molar-refractivity contribution in [1.29, 1.82) is 0 Å². The fraction of sp³-hybridized carbons (Fsp3) is 0.269. The van der Waals surface area contributed by atoms with Crippen molar-refractivity contribution in [3.63, 3.8) is 0 Å². The van der Waals surface area contributed by atoms with E-state index >= 15 is 0 Å². The van der Waals surface area contributed by atoms with Gasteiger partial charge < -0.3 is 19.1 Å². The number of carbonyl (C=O) groups excluding carboxylic acids is 2. The van der Waals surface area contributed by atoms with Crippen LogP contribution in [0.2, 0.25) is 0 Å². The van der Waals surface area contributed by atoms with Gasteiger partial charge in [0.2, 0.25) is 0 Å². The van der Waals surface area contributed by atoms with Gasteiger partial charge in [-0.15, -0.1) is 0 Å². The summed E-state index contributed by atoms with van der Waals surface area (Å²) in [5.41, 5.74) is 0.363. The van der Waals surface area contributed by atoms with Crippen molar-refractivity contribution < 1.29 is 28.7 Å². The molecule has 1 fully saturated rings. The van der Waals surface area contributed by atoms with E-state index in [1.807, 2.05) is 20.8 Å². The van der Waals surface area contributed by atoms with Gasteiger partial charge in [0.25, 0.3) is 5.78 Å². The van der Waals surface area contributed by atoms with E-state index in [4.69, 9.17) is 14.0 Å². The maximum absolute atomic E-state index is 13.4. The molecule has 3 aromatic rings. The van der Waals surface area contributed by atoms with Crippen molar-refractivity contribution in [2.24, 2.45) is 0 Å². The summed E-state index contributed by atoms with van der Waals surface area (Å²) in [6.07, 6.45) is 0. The predicted octanol–water partition coefficient (Wildman–Crippen LogP) is 5.38. The Morgan fingerprint density at radius 1 is 1.06 bits per heavy atom. The van der Waals surface area contributed by atoms with Crippen LogP contribution in [0.25, 0.3) is 5.76 Å². The second-order valence-corrected chi connectivity index (χ2v) is 10.00. The van der Waals surface area contributed by atoms with Gasteiger partial charge in [-0.2, -0.15) is 0 Å².